The average Bonchev–Trinajstić information content (AvgIpc) is 2.02. The fourth-order valence-corrected chi connectivity index (χ4v) is 3.91. The minimum Gasteiger partial charge on any atom is -0.375 e. The van der Waals surface area contributed by atoms with E-state index < -0.39 is 0 Å². The zero-order chi connectivity index (χ0) is 8.18. The second-order valence-electron chi connectivity index (χ2n) is 5.18. The molecule has 2 saturated carbocycles. The molecule has 2 unspecified atom stereocenters. The Balaban J connectivity index is 1.90. The smallest absolute Gasteiger partial charge is 0.0586 e. The molecule has 0 radical (unpaired) electrons. The Morgan fingerprint density at radius 3 is 2.33 bits per heavy atom. The minimum absolute atomic E-state index is 0.649. The van der Waals surface area contributed by atoms with Crippen molar-refractivity contribution < 1.29 is 4.74 Å². The van der Waals surface area contributed by atoms with Crippen LogP contribution < -0.4 is 0 Å². The molecule has 0 aromatic carbocycles. The third-order valence-electron chi connectivity index (χ3n) is 4.37. The first kappa shape index (κ1) is 7.37. The summed E-state index contributed by atoms with van der Waals surface area (Å²) < 4.78 is 5.95. The van der Waals surface area contributed by atoms with E-state index in [0.29, 0.717) is 12.2 Å². The third kappa shape index (κ3) is 0.891. The maximum absolute atomic E-state index is 5.95. The molecule has 0 aromatic heterocycles. The van der Waals surface area contributed by atoms with Gasteiger partial charge in [0.05, 0.1) is 12.2 Å². The van der Waals surface area contributed by atoms with Crippen LogP contribution >= 0.6 is 0 Å². The van der Waals surface area contributed by atoms with Crippen molar-refractivity contribution in [2.45, 2.75) is 57.7 Å². The second-order valence-corrected chi connectivity index (χ2v) is 5.18. The molecule has 68 valence electrons. The summed E-state index contributed by atoms with van der Waals surface area (Å²) in [5.41, 5.74) is 0.717. The van der Waals surface area contributed by atoms with Gasteiger partial charge in [0.2, 0.25) is 0 Å². The van der Waals surface area contributed by atoms with Crippen LogP contribution in [0.1, 0.15) is 45.4 Å². The maximum Gasteiger partial charge on any atom is 0.0586 e. The van der Waals surface area contributed by atoms with Gasteiger partial charge in [0, 0.05) is 0 Å². The van der Waals surface area contributed by atoms with Crippen molar-refractivity contribution in [3.8, 4) is 0 Å². The lowest BCUT2D eigenvalue weighted by Gasteiger charge is -2.56. The summed E-state index contributed by atoms with van der Waals surface area (Å²) in [7, 11) is 0. The fourth-order valence-electron chi connectivity index (χ4n) is 3.91. The topological polar surface area (TPSA) is 9.23 Å². The normalized spacial score (nSPS) is 56.2. The summed E-state index contributed by atoms with van der Waals surface area (Å²) in [6.07, 6.45) is 9.69. The van der Waals surface area contributed by atoms with Gasteiger partial charge < -0.3 is 4.74 Å². The van der Waals surface area contributed by atoms with Crippen LogP contribution in [0.2, 0.25) is 0 Å². The van der Waals surface area contributed by atoms with Crippen molar-refractivity contribution in [1.29, 1.82) is 0 Å². The molecule has 1 heteroatoms. The molecule has 1 nitrogen and oxygen atoms in total. The molecule has 2 aliphatic carbocycles. The highest BCUT2D eigenvalue weighted by Crippen LogP contribution is 2.56. The lowest BCUT2D eigenvalue weighted by atomic mass is 9.57. The van der Waals surface area contributed by atoms with Crippen molar-refractivity contribution >= 4 is 0 Å². The van der Waals surface area contributed by atoms with Gasteiger partial charge in [-0.3, -0.25) is 0 Å². The molecule has 2 saturated heterocycles. The van der Waals surface area contributed by atoms with E-state index in [1.165, 1.54) is 38.5 Å². The van der Waals surface area contributed by atoms with Crippen LogP contribution in [-0.2, 0) is 4.74 Å². The Bertz CT molecular complexity index is 162. The van der Waals surface area contributed by atoms with Gasteiger partial charge in [0.15, 0.2) is 0 Å². The standard InChI is InChI=1S/C11H18O/c1-2-11-5-8-3-9(6-11)12-10(4-8)7-11/h8-10H,2-7H2,1H3. The monoisotopic (exact) mass is 166 g/mol. The van der Waals surface area contributed by atoms with Gasteiger partial charge >= 0.3 is 0 Å². The van der Waals surface area contributed by atoms with Gasteiger partial charge in [-0.25, -0.2) is 0 Å². The summed E-state index contributed by atoms with van der Waals surface area (Å²) in [4.78, 5) is 0. The van der Waals surface area contributed by atoms with E-state index in [9.17, 15) is 0 Å². The predicted molar refractivity (Wildman–Crippen MR) is 48.0 cm³/mol. The van der Waals surface area contributed by atoms with Crippen molar-refractivity contribution in [1.82, 2.24) is 0 Å². The summed E-state index contributed by atoms with van der Waals surface area (Å²) in [5.74, 6) is 1.02. The van der Waals surface area contributed by atoms with Crippen molar-refractivity contribution in [2.24, 2.45) is 11.3 Å². The van der Waals surface area contributed by atoms with Gasteiger partial charge in [0.25, 0.3) is 0 Å². The van der Waals surface area contributed by atoms with Crippen molar-refractivity contribution in [2.75, 3.05) is 0 Å². The van der Waals surface area contributed by atoms with E-state index in [1.807, 2.05) is 0 Å². The van der Waals surface area contributed by atoms with Crippen LogP contribution in [-0.4, -0.2) is 12.2 Å². The minimum atomic E-state index is 0.649. The predicted octanol–water partition coefficient (Wildman–Crippen LogP) is 2.74. The second kappa shape index (κ2) is 2.25. The molecule has 4 rings (SSSR count). The van der Waals surface area contributed by atoms with Crippen LogP contribution in [0.3, 0.4) is 0 Å². The quantitative estimate of drug-likeness (QED) is 0.582. The molecule has 0 aromatic rings. The molecule has 4 aliphatic rings. The maximum atomic E-state index is 5.95. The van der Waals surface area contributed by atoms with Crippen LogP contribution in [0.15, 0.2) is 0 Å². The highest BCUT2D eigenvalue weighted by atomic mass is 16.5. The molecule has 4 fully saturated rings. The molecule has 12 heavy (non-hydrogen) atoms. The lowest BCUT2D eigenvalue weighted by molar-refractivity contribution is -0.190. The molecule has 4 bridgehead atoms. The Hall–Kier alpha value is -0.0400. The molecule has 0 spiro atoms. The van der Waals surface area contributed by atoms with E-state index in [0.717, 1.165) is 11.3 Å². The fraction of sp³-hybridized carbons (Fsp3) is 1.00. The van der Waals surface area contributed by atoms with Gasteiger partial charge in [-0.15, -0.1) is 0 Å². The Labute approximate surface area is 74.5 Å². The molecule has 2 heterocycles. The average molecular weight is 166 g/mol. The molecule has 0 N–H and O–H groups in total. The number of hydrogen-bond acceptors (Lipinski definition) is 1. The largest absolute Gasteiger partial charge is 0.375 e. The number of ether oxygens (including phenoxy) is 1. The van der Waals surface area contributed by atoms with E-state index in [-0.39, 0.29) is 0 Å². The van der Waals surface area contributed by atoms with Gasteiger partial charge in [-0.05, 0) is 43.4 Å². The number of rotatable bonds is 1. The van der Waals surface area contributed by atoms with Gasteiger partial charge in [-0.1, -0.05) is 13.3 Å². The summed E-state index contributed by atoms with van der Waals surface area (Å²) in [6, 6.07) is 0. The third-order valence-corrected chi connectivity index (χ3v) is 4.37. The Morgan fingerprint density at radius 1 is 1.17 bits per heavy atom. The number of hydrogen-bond donors (Lipinski definition) is 0. The Morgan fingerprint density at radius 2 is 1.83 bits per heavy atom. The van der Waals surface area contributed by atoms with E-state index in [4.69, 9.17) is 4.74 Å². The van der Waals surface area contributed by atoms with Crippen molar-refractivity contribution in [3.05, 3.63) is 0 Å². The highest BCUT2D eigenvalue weighted by Gasteiger charge is 2.50. The molecule has 2 atom stereocenters. The van der Waals surface area contributed by atoms with E-state index >= 15 is 0 Å². The van der Waals surface area contributed by atoms with Crippen LogP contribution in [0.4, 0.5) is 0 Å². The van der Waals surface area contributed by atoms with Gasteiger partial charge in [0.1, 0.15) is 0 Å². The zero-order valence-corrected chi connectivity index (χ0v) is 7.88. The van der Waals surface area contributed by atoms with Crippen LogP contribution in [0.5, 0.6) is 0 Å². The molecular formula is C11H18O. The summed E-state index contributed by atoms with van der Waals surface area (Å²) in [5, 5.41) is 0. The SMILES string of the molecule is CCC12CC3CC(C1)OC(C3)C2. The van der Waals surface area contributed by atoms with E-state index in [2.05, 4.69) is 6.92 Å². The molecule has 2 aliphatic heterocycles. The zero-order valence-electron chi connectivity index (χ0n) is 7.88. The van der Waals surface area contributed by atoms with Gasteiger partial charge in [-0.2, -0.15) is 0 Å². The molecule has 0 amide bonds. The summed E-state index contributed by atoms with van der Waals surface area (Å²) in [6.45, 7) is 2.37. The summed E-state index contributed by atoms with van der Waals surface area (Å²) >= 11 is 0. The van der Waals surface area contributed by atoms with Crippen LogP contribution in [0.25, 0.3) is 0 Å². The molecular weight excluding hydrogens is 148 g/mol. The first-order chi connectivity index (χ1) is 5.80. The lowest BCUT2D eigenvalue weighted by Crippen LogP contribution is -2.51. The van der Waals surface area contributed by atoms with E-state index in [1.54, 1.807) is 0 Å². The highest BCUT2D eigenvalue weighted by molar-refractivity contribution is 5.00. The first-order valence-corrected chi connectivity index (χ1v) is 5.45. The first-order valence-electron chi connectivity index (χ1n) is 5.45. The van der Waals surface area contributed by atoms with Crippen LogP contribution in [0, 0.1) is 11.3 Å². The Kier molecular flexibility index (Phi) is 1.39. The van der Waals surface area contributed by atoms with Crippen molar-refractivity contribution in [3.63, 3.8) is 0 Å².